The molecule has 8 nitrogen and oxygen atoms in total. The van der Waals surface area contributed by atoms with Crippen molar-refractivity contribution in [2.45, 2.75) is 6.54 Å². The number of hydrogen-bond donors (Lipinski definition) is 1. The average Bonchev–Trinajstić information content (AvgIpc) is 3.22. The van der Waals surface area contributed by atoms with Crippen LogP contribution < -0.4 is 14.8 Å². The van der Waals surface area contributed by atoms with Gasteiger partial charge in [-0.1, -0.05) is 47.6 Å². The van der Waals surface area contributed by atoms with Crippen molar-refractivity contribution < 1.29 is 18.8 Å². The van der Waals surface area contributed by atoms with E-state index in [1.807, 2.05) is 54.6 Å². The standard InChI is InChI=1S/C21H18N4O4/c1-27-16-9-7-14(8-10-16)11-22-17(26)12-28-20-18-19(15-5-3-2-4-6-15)25-29-21(18)24-13-23-20/h2-10,13H,11-12H2,1H3,(H,22,26). The van der Waals surface area contributed by atoms with Crippen LogP contribution in [0.3, 0.4) is 0 Å². The second kappa shape index (κ2) is 8.39. The molecule has 1 N–H and O–H groups in total. The topological polar surface area (TPSA) is 99.4 Å². The Morgan fingerprint density at radius 3 is 2.62 bits per heavy atom. The lowest BCUT2D eigenvalue weighted by Gasteiger charge is -2.08. The molecule has 0 spiro atoms. The highest BCUT2D eigenvalue weighted by molar-refractivity contribution is 5.93. The van der Waals surface area contributed by atoms with E-state index in [0.717, 1.165) is 16.9 Å². The summed E-state index contributed by atoms with van der Waals surface area (Å²) < 4.78 is 16.0. The third kappa shape index (κ3) is 4.16. The fraction of sp³-hybridized carbons (Fsp3) is 0.143. The minimum atomic E-state index is -0.273. The molecule has 0 radical (unpaired) electrons. The van der Waals surface area contributed by atoms with Gasteiger partial charge < -0.3 is 19.3 Å². The van der Waals surface area contributed by atoms with Gasteiger partial charge in [0.05, 0.1) is 7.11 Å². The summed E-state index contributed by atoms with van der Waals surface area (Å²) in [5.74, 6) is 0.735. The number of carbonyl (C=O) groups is 1. The van der Waals surface area contributed by atoms with Gasteiger partial charge in [0, 0.05) is 12.1 Å². The second-order valence-corrected chi connectivity index (χ2v) is 6.17. The number of rotatable bonds is 7. The van der Waals surface area contributed by atoms with Crippen molar-refractivity contribution in [1.29, 1.82) is 0 Å². The van der Waals surface area contributed by atoms with Crippen molar-refractivity contribution in [2.24, 2.45) is 0 Å². The fourth-order valence-electron chi connectivity index (χ4n) is 2.79. The lowest BCUT2D eigenvalue weighted by Crippen LogP contribution is -2.28. The molecule has 8 heteroatoms. The molecule has 0 fully saturated rings. The predicted octanol–water partition coefficient (Wildman–Crippen LogP) is 2.99. The molecule has 2 aromatic heterocycles. The maximum atomic E-state index is 12.2. The molecule has 146 valence electrons. The van der Waals surface area contributed by atoms with Crippen LogP contribution in [0.2, 0.25) is 0 Å². The number of amides is 1. The highest BCUT2D eigenvalue weighted by Crippen LogP contribution is 2.32. The molecule has 0 aliphatic carbocycles. The number of fused-ring (bicyclic) bond motifs is 1. The van der Waals surface area contributed by atoms with Crippen LogP contribution in [0.25, 0.3) is 22.4 Å². The van der Waals surface area contributed by atoms with Crippen LogP contribution >= 0.6 is 0 Å². The molecule has 0 saturated carbocycles. The van der Waals surface area contributed by atoms with E-state index < -0.39 is 0 Å². The minimum absolute atomic E-state index is 0.193. The first-order chi connectivity index (χ1) is 14.2. The van der Waals surface area contributed by atoms with Gasteiger partial charge in [-0.2, -0.15) is 4.98 Å². The molecular weight excluding hydrogens is 372 g/mol. The number of ether oxygens (including phenoxy) is 2. The Morgan fingerprint density at radius 1 is 1.07 bits per heavy atom. The fourth-order valence-corrected chi connectivity index (χ4v) is 2.79. The lowest BCUT2D eigenvalue weighted by atomic mass is 10.1. The number of aromatic nitrogens is 3. The highest BCUT2D eigenvalue weighted by Gasteiger charge is 2.18. The van der Waals surface area contributed by atoms with E-state index in [0.29, 0.717) is 23.3 Å². The van der Waals surface area contributed by atoms with E-state index in [-0.39, 0.29) is 18.4 Å². The number of nitrogens with zero attached hydrogens (tertiary/aromatic N) is 3. The van der Waals surface area contributed by atoms with Crippen LogP contribution in [0.4, 0.5) is 0 Å². The second-order valence-electron chi connectivity index (χ2n) is 6.17. The molecule has 0 saturated heterocycles. The Balaban J connectivity index is 1.44. The summed E-state index contributed by atoms with van der Waals surface area (Å²) in [6.07, 6.45) is 1.31. The van der Waals surface area contributed by atoms with Gasteiger partial charge in [0.1, 0.15) is 23.2 Å². The Labute approximate surface area is 166 Å². The first-order valence-electron chi connectivity index (χ1n) is 8.93. The molecular formula is C21H18N4O4. The molecule has 0 aliphatic rings. The van der Waals surface area contributed by atoms with Crippen molar-refractivity contribution in [3.8, 4) is 22.9 Å². The van der Waals surface area contributed by atoms with Gasteiger partial charge in [0.25, 0.3) is 11.6 Å². The van der Waals surface area contributed by atoms with Crippen molar-refractivity contribution >= 4 is 17.0 Å². The van der Waals surface area contributed by atoms with Crippen molar-refractivity contribution in [3.63, 3.8) is 0 Å². The largest absolute Gasteiger partial charge is 0.497 e. The quantitative estimate of drug-likeness (QED) is 0.518. The van der Waals surface area contributed by atoms with Crippen molar-refractivity contribution in [2.75, 3.05) is 13.7 Å². The number of benzene rings is 2. The van der Waals surface area contributed by atoms with Crippen LogP contribution in [-0.4, -0.2) is 34.7 Å². The smallest absolute Gasteiger partial charge is 0.265 e. The summed E-state index contributed by atoms with van der Waals surface area (Å²) in [5.41, 5.74) is 2.66. The Kier molecular flexibility index (Phi) is 5.33. The Hall–Kier alpha value is -3.94. The molecule has 0 atom stereocenters. The van der Waals surface area contributed by atoms with E-state index in [9.17, 15) is 4.79 Å². The third-order valence-electron chi connectivity index (χ3n) is 4.27. The SMILES string of the molecule is COc1ccc(CNC(=O)COc2ncnc3onc(-c4ccccc4)c23)cc1. The predicted molar refractivity (Wildman–Crippen MR) is 105 cm³/mol. The molecule has 0 bridgehead atoms. The van der Waals surface area contributed by atoms with E-state index in [1.54, 1.807) is 7.11 Å². The van der Waals surface area contributed by atoms with Gasteiger partial charge in [-0.05, 0) is 17.7 Å². The van der Waals surface area contributed by atoms with Gasteiger partial charge in [0.15, 0.2) is 6.61 Å². The zero-order valence-electron chi connectivity index (χ0n) is 15.7. The third-order valence-corrected chi connectivity index (χ3v) is 4.27. The number of methoxy groups -OCH3 is 1. The first-order valence-corrected chi connectivity index (χ1v) is 8.93. The molecule has 0 aliphatic heterocycles. The highest BCUT2D eigenvalue weighted by atomic mass is 16.5. The van der Waals surface area contributed by atoms with E-state index in [1.165, 1.54) is 6.33 Å². The molecule has 2 heterocycles. The first kappa shape index (κ1) is 18.4. The van der Waals surface area contributed by atoms with Crippen LogP contribution in [-0.2, 0) is 11.3 Å². The zero-order chi connectivity index (χ0) is 20.1. The van der Waals surface area contributed by atoms with Crippen LogP contribution in [0.1, 0.15) is 5.56 Å². The summed E-state index contributed by atoms with van der Waals surface area (Å²) >= 11 is 0. The summed E-state index contributed by atoms with van der Waals surface area (Å²) in [7, 11) is 1.61. The summed E-state index contributed by atoms with van der Waals surface area (Å²) in [6.45, 7) is 0.190. The van der Waals surface area contributed by atoms with Gasteiger partial charge in [0.2, 0.25) is 5.88 Å². The number of hydrogen-bond acceptors (Lipinski definition) is 7. The van der Waals surface area contributed by atoms with Crippen molar-refractivity contribution in [3.05, 3.63) is 66.5 Å². The normalized spacial score (nSPS) is 10.7. The average molecular weight is 390 g/mol. The maximum absolute atomic E-state index is 12.2. The number of carbonyl (C=O) groups excluding carboxylic acids is 1. The van der Waals surface area contributed by atoms with Gasteiger partial charge in [-0.25, -0.2) is 4.98 Å². The lowest BCUT2D eigenvalue weighted by molar-refractivity contribution is -0.123. The Bertz CT molecular complexity index is 1110. The zero-order valence-corrected chi connectivity index (χ0v) is 15.7. The van der Waals surface area contributed by atoms with Gasteiger partial charge in [-0.3, -0.25) is 4.79 Å². The molecule has 4 aromatic rings. The van der Waals surface area contributed by atoms with Crippen LogP contribution in [0, 0.1) is 0 Å². The Morgan fingerprint density at radius 2 is 1.86 bits per heavy atom. The maximum Gasteiger partial charge on any atom is 0.265 e. The van der Waals surface area contributed by atoms with E-state index in [2.05, 4.69) is 20.4 Å². The van der Waals surface area contributed by atoms with Crippen LogP contribution in [0.15, 0.2) is 65.4 Å². The van der Waals surface area contributed by atoms with Crippen LogP contribution in [0.5, 0.6) is 11.6 Å². The summed E-state index contributed by atoms with van der Waals surface area (Å²) in [6, 6.07) is 16.9. The number of nitrogens with one attached hydrogen (secondary N) is 1. The molecule has 2 aromatic carbocycles. The van der Waals surface area contributed by atoms with Crippen molar-refractivity contribution in [1.82, 2.24) is 20.4 Å². The molecule has 1 amide bonds. The van der Waals surface area contributed by atoms with Gasteiger partial charge in [-0.15, -0.1) is 0 Å². The van der Waals surface area contributed by atoms with E-state index >= 15 is 0 Å². The monoisotopic (exact) mass is 390 g/mol. The molecule has 29 heavy (non-hydrogen) atoms. The molecule has 4 rings (SSSR count). The minimum Gasteiger partial charge on any atom is -0.497 e. The van der Waals surface area contributed by atoms with Gasteiger partial charge >= 0.3 is 0 Å². The van der Waals surface area contributed by atoms with E-state index in [4.69, 9.17) is 14.0 Å². The summed E-state index contributed by atoms with van der Waals surface area (Å²) in [4.78, 5) is 20.4. The molecule has 0 unspecified atom stereocenters. The summed E-state index contributed by atoms with van der Waals surface area (Å²) in [5, 5.41) is 7.41.